The van der Waals surface area contributed by atoms with Crippen molar-refractivity contribution in [3.05, 3.63) is 63.4 Å². The van der Waals surface area contributed by atoms with Gasteiger partial charge in [-0.3, -0.25) is 14.2 Å². The van der Waals surface area contributed by atoms with Crippen molar-refractivity contribution in [2.24, 2.45) is 0 Å². The van der Waals surface area contributed by atoms with Gasteiger partial charge in [0, 0.05) is 16.8 Å². The zero-order valence-electron chi connectivity index (χ0n) is 16.0. The molecule has 1 aromatic heterocycles. The predicted octanol–water partition coefficient (Wildman–Crippen LogP) is 5.06. The van der Waals surface area contributed by atoms with E-state index in [1.807, 2.05) is 45.0 Å². The quantitative estimate of drug-likeness (QED) is 0.451. The SMILES string of the molecule is CC[C@@H](C)n1c(SCC(=O)Nc2cc(Cl)ccc2C)nc2ccccc2c1=O. The van der Waals surface area contributed by atoms with Crippen LogP contribution in [0.2, 0.25) is 5.02 Å². The van der Waals surface area contributed by atoms with E-state index in [1.165, 1.54) is 11.8 Å². The number of nitrogens with zero attached hydrogens (tertiary/aromatic N) is 2. The number of hydrogen-bond acceptors (Lipinski definition) is 4. The van der Waals surface area contributed by atoms with Gasteiger partial charge < -0.3 is 5.32 Å². The van der Waals surface area contributed by atoms with Gasteiger partial charge >= 0.3 is 0 Å². The third-order valence-corrected chi connectivity index (χ3v) is 5.80. The van der Waals surface area contributed by atoms with E-state index in [1.54, 1.807) is 22.8 Å². The summed E-state index contributed by atoms with van der Waals surface area (Å²) >= 11 is 7.28. The molecule has 1 heterocycles. The minimum absolute atomic E-state index is 0.00894. The first-order chi connectivity index (χ1) is 13.4. The normalized spacial score (nSPS) is 12.1. The highest BCUT2D eigenvalue weighted by molar-refractivity contribution is 7.99. The molecule has 0 aliphatic rings. The van der Waals surface area contributed by atoms with Crippen molar-refractivity contribution in [3.8, 4) is 0 Å². The first-order valence-electron chi connectivity index (χ1n) is 9.10. The topological polar surface area (TPSA) is 64.0 Å². The number of aryl methyl sites for hydroxylation is 1. The zero-order valence-corrected chi connectivity index (χ0v) is 17.6. The summed E-state index contributed by atoms with van der Waals surface area (Å²) < 4.78 is 1.69. The first kappa shape index (κ1) is 20.4. The second-order valence-electron chi connectivity index (χ2n) is 6.64. The summed E-state index contributed by atoms with van der Waals surface area (Å²) in [5.74, 6) is -0.0267. The fourth-order valence-corrected chi connectivity index (χ4v) is 3.91. The number of halogens is 1. The highest BCUT2D eigenvalue weighted by atomic mass is 35.5. The summed E-state index contributed by atoms with van der Waals surface area (Å²) in [5.41, 5.74) is 2.18. The number of aromatic nitrogens is 2. The molecule has 0 aliphatic heterocycles. The van der Waals surface area contributed by atoms with E-state index < -0.39 is 0 Å². The minimum atomic E-state index is -0.173. The van der Waals surface area contributed by atoms with Crippen molar-refractivity contribution < 1.29 is 4.79 Å². The molecule has 1 amide bonds. The smallest absolute Gasteiger partial charge is 0.262 e. The maximum absolute atomic E-state index is 13.0. The Hall–Kier alpha value is -2.31. The van der Waals surface area contributed by atoms with Gasteiger partial charge in [0.1, 0.15) is 0 Å². The maximum atomic E-state index is 13.0. The third kappa shape index (κ3) is 4.39. The van der Waals surface area contributed by atoms with Gasteiger partial charge in [-0.1, -0.05) is 48.5 Å². The minimum Gasteiger partial charge on any atom is -0.325 e. The molecule has 28 heavy (non-hydrogen) atoms. The number of anilines is 1. The van der Waals surface area contributed by atoms with Gasteiger partial charge in [-0.2, -0.15) is 0 Å². The van der Waals surface area contributed by atoms with Gasteiger partial charge in [0.05, 0.1) is 16.7 Å². The first-order valence-corrected chi connectivity index (χ1v) is 10.5. The van der Waals surface area contributed by atoms with Crippen LogP contribution in [0.25, 0.3) is 10.9 Å². The molecule has 3 rings (SSSR count). The van der Waals surface area contributed by atoms with Gasteiger partial charge in [0.25, 0.3) is 5.56 Å². The number of nitrogens with one attached hydrogen (secondary N) is 1. The molecule has 2 aromatic carbocycles. The van der Waals surface area contributed by atoms with E-state index in [0.717, 1.165) is 12.0 Å². The van der Waals surface area contributed by atoms with Crippen molar-refractivity contribution in [2.75, 3.05) is 11.1 Å². The molecule has 1 atom stereocenters. The molecule has 0 saturated carbocycles. The van der Waals surface area contributed by atoms with Crippen molar-refractivity contribution >= 4 is 45.9 Å². The largest absolute Gasteiger partial charge is 0.325 e. The van der Waals surface area contributed by atoms with Crippen LogP contribution in [0.3, 0.4) is 0 Å². The number of carbonyl (C=O) groups excluding carboxylic acids is 1. The van der Waals surface area contributed by atoms with Crippen molar-refractivity contribution in [1.29, 1.82) is 0 Å². The second kappa shape index (κ2) is 8.80. The molecule has 146 valence electrons. The molecule has 3 aromatic rings. The maximum Gasteiger partial charge on any atom is 0.262 e. The Kier molecular flexibility index (Phi) is 6.42. The average Bonchev–Trinajstić information content (AvgIpc) is 2.69. The lowest BCUT2D eigenvalue weighted by atomic mass is 10.2. The van der Waals surface area contributed by atoms with E-state index >= 15 is 0 Å². The monoisotopic (exact) mass is 415 g/mol. The predicted molar refractivity (Wildman–Crippen MR) is 117 cm³/mol. The lowest BCUT2D eigenvalue weighted by Gasteiger charge is -2.18. The molecule has 0 unspecified atom stereocenters. The van der Waals surface area contributed by atoms with Crippen molar-refractivity contribution in [3.63, 3.8) is 0 Å². The molecule has 0 bridgehead atoms. The fourth-order valence-electron chi connectivity index (χ4n) is 2.84. The lowest BCUT2D eigenvalue weighted by molar-refractivity contribution is -0.113. The van der Waals surface area contributed by atoms with Crippen LogP contribution in [0.1, 0.15) is 31.9 Å². The van der Waals surface area contributed by atoms with Crippen LogP contribution in [0, 0.1) is 6.92 Å². The van der Waals surface area contributed by atoms with E-state index in [2.05, 4.69) is 10.3 Å². The fraction of sp³-hybridized carbons (Fsp3) is 0.286. The van der Waals surface area contributed by atoms with E-state index in [-0.39, 0.29) is 23.3 Å². The highest BCUT2D eigenvalue weighted by Crippen LogP contribution is 2.24. The van der Waals surface area contributed by atoms with Gasteiger partial charge in [0.15, 0.2) is 5.16 Å². The van der Waals surface area contributed by atoms with Crippen molar-refractivity contribution in [1.82, 2.24) is 9.55 Å². The number of para-hydroxylation sites is 1. The summed E-state index contributed by atoms with van der Waals surface area (Å²) in [4.78, 5) is 30.1. The van der Waals surface area contributed by atoms with Crippen LogP contribution < -0.4 is 10.9 Å². The molecular weight excluding hydrogens is 394 g/mol. The second-order valence-corrected chi connectivity index (χ2v) is 8.02. The molecule has 0 radical (unpaired) electrons. The lowest BCUT2D eigenvalue weighted by Crippen LogP contribution is -2.26. The summed E-state index contributed by atoms with van der Waals surface area (Å²) in [6, 6.07) is 12.6. The zero-order chi connectivity index (χ0) is 20.3. The molecule has 0 spiro atoms. The van der Waals surface area contributed by atoms with Crippen LogP contribution in [0.4, 0.5) is 5.69 Å². The molecular formula is C21H22ClN3O2S. The third-order valence-electron chi connectivity index (χ3n) is 4.61. The standard InChI is InChI=1S/C21H22ClN3O2S/c1-4-14(3)25-20(27)16-7-5-6-8-17(16)24-21(25)28-12-19(26)23-18-11-15(22)10-9-13(18)2/h5-11,14H,4,12H2,1-3H3,(H,23,26)/t14-/m1/s1. The highest BCUT2D eigenvalue weighted by Gasteiger charge is 2.17. The molecule has 1 N–H and O–H groups in total. The molecule has 0 fully saturated rings. The van der Waals surface area contributed by atoms with Crippen LogP contribution in [-0.4, -0.2) is 21.2 Å². The van der Waals surface area contributed by atoms with E-state index in [0.29, 0.717) is 26.8 Å². The summed E-state index contributed by atoms with van der Waals surface area (Å²) in [6.45, 7) is 5.91. The summed E-state index contributed by atoms with van der Waals surface area (Å²) in [7, 11) is 0. The number of amides is 1. The molecule has 0 saturated heterocycles. The number of benzene rings is 2. The Labute approximate surface area is 173 Å². The van der Waals surface area contributed by atoms with Crippen LogP contribution in [0.15, 0.2) is 52.4 Å². The summed E-state index contributed by atoms with van der Waals surface area (Å²) in [5, 5.41) is 4.58. The Morgan fingerprint density at radius 3 is 2.79 bits per heavy atom. The van der Waals surface area contributed by atoms with Gasteiger partial charge in [0.2, 0.25) is 5.91 Å². The number of carbonyl (C=O) groups is 1. The average molecular weight is 416 g/mol. The number of hydrogen-bond donors (Lipinski definition) is 1. The molecule has 5 nitrogen and oxygen atoms in total. The summed E-state index contributed by atoms with van der Waals surface area (Å²) in [6.07, 6.45) is 0.793. The van der Waals surface area contributed by atoms with Crippen molar-refractivity contribution in [2.45, 2.75) is 38.4 Å². The molecule has 7 heteroatoms. The van der Waals surface area contributed by atoms with Gasteiger partial charge in [-0.25, -0.2) is 4.98 Å². The van der Waals surface area contributed by atoms with Crippen LogP contribution >= 0.6 is 23.4 Å². The Bertz CT molecular complexity index is 1080. The van der Waals surface area contributed by atoms with E-state index in [9.17, 15) is 9.59 Å². The van der Waals surface area contributed by atoms with Crippen LogP contribution in [-0.2, 0) is 4.79 Å². The molecule has 0 aliphatic carbocycles. The number of fused-ring (bicyclic) bond motifs is 1. The number of rotatable bonds is 6. The van der Waals surface area contributed by atoms with Crippen LogP contribution in [0.5, 0.6) is 0 Å². The van der Waals surface area contributed by atoms with Gasteiger partial charge in [-0.05, 0) is 50.1 Å². The Morgan fingerprint density at radius 2 is 2.04 bits per heavy atom. The Morgan fingerprint density at radius 1 is 1.29 bits per heavy atom. The van der Waals surface area contributed by atoms with Gasteiger partial charge in [-0.15, -0.1) is 0 Å². The Balaban J connectivity index is 1.86. The number of thioether (sulfide) groups is 1. The van der Waals surface area contributed by atoms with E-state index in [4.69, 9.17) is 11.6 Å².